The van der Waals surface area contributed by atoms with E-state index in [4.69, 9.17) is 16.6 Å². The molecule has 9 nitrogen and oxygen atoms in total. The molecule has 0 spiro atoms. The van der Waals surface area contributed by atoms with E-state index in [-0.39, 0.29) is 11.7 Å². The van der Waals surface area contributed by atoms with Crippen molar-refractivity contribution in [2.45, 2.75) is 51.1 Å². The highest BCUT2D eigenvalue weighted by Crippen LogP contribution is 2.43. The Balaban J connectivity index is 1.31. The number of carbonyl (C=O) groups is 2. The largest absolute Gasteiger partial charge is 0.326 e. The Bertz CT molecular complexity index is 1800. The monoisotopic (exact) mass is 591 g/mol. The number of tetrazole rings is 1. The number of aromatic amines is 1. The Hall–Kier alpha value is -4.63. The third-order valence-electron chi connectivity index (χ3n) is 8.46. The van der Waals surface area contributed by atoms with E-state index in [0.29, 0.717) is 35.9 Å². The molecule has 0 saturated carbocycles. The molecule has 216 valence electrons. The first-order chi connectivity index (χ1) is 21.0. The van der Waals surface area contributed by atoms with Crippen LogP contribution in [0.1, 0.15) is 60.1 Å². The van der Waals surface area contributed by atoms with E-state index in [0.717, 1.165) is 58.7 Å². The number of aryl methyl sites for hydroxylation is 1. The summed E-state index contributed by atoms with van der Waals surface area (Å²) in [7, 11) is 0. The highest BCUT2D eigenvalue weighted by Gasteiger charge is 2.52. The molecule has 5 aromatic rings. The number of imidazole rings is 1. The molecule has 2 aliphatic rings. The molecular formula is C33H30ClN7O2. The highest BCUT2D eigenvalue weighted by molar-refractivity contribution is 6.30. The molecule has 0 aliphatic carbocycles. The molecule has 1 amide bonds. The van der Waals surface area contributed by atoms with E-state index >= 15 is 0 Å². The first kappa shape index (κ1) is 27.2. The molecule has 0 bridgehead atoms. The summed E-state index contributed by atoms with van der Waals surface area (Å²) in [5, 5.41) is 15.5. The maximum Gasteiger partial charge on any atom is 0.238 e. The number of fused-ring (bicyclic) bond motifs is 3. The minimum Gasteiger partial charge on any atom is -0.326 e. The van der Waals surface area contributed by atoms with Gasteiger partial charge >= 0.3 is 0 Å². The van der Waals surface area contributed by atoms with E-state index in [1.807, 2.05) is 18.2 Å². The fraction of sp³-hybridized carbons (Fsp3) is 0.273. The van der Waals surface area contributed by atoms with Crippen molar-refractivity contribution in [1.82, 2.24) is 35.1 Å². The zero-order chi connectivity index (χ0) is 29.5. The van der Waals surface area contributed by atoms with Crippen LogP contribution in [-0.2, 0) is 29.0 Å². The first-order valence-electron chi connectivity index (χ1n) is 14.6. The fourth-order valence-electron chi connectivity index (χ4n) is 6.40. The topological polar surface area (TPSA) is 110 Å². The molecule has 1 saturated heterocycles. The summed E-state index contributed by atoms with van der Waals surface area (Å²) in [6, 6.07) is 22.7. The van der Waals surface area contributed by atoms with E-state index in [1.54, 1.807) is 29.2 Å². The van der Waals surface area contributed by atoms with E-state index in [1.165, 1.54) is 0 Å². The van der Waals surface area contributed by atoms with Gasteiger partial charge in [0.1, 0.15) is 17.8 Å². The zero-order valence-electron chi connectivity index (χ0n) is 23.7. The van der Waals surface area contributed by atoms with Crippen molar-refractivity contribution in [3.8, 4) is 22.5 Å². The minimum atomic E-state index is -0.842. The summed E-state index contributed by atoms with van der Waals surface area (Å²) in [6.45, 7) is 3.13. The number of nitrogens with one attached hydrogen (secondary N) is 1. The Kier molecular flexibility index (Phi) is 7.10. The Morgan fingerprint density at radius 3 is 2.56 bits per heavy atom. The number of hydrogen-bond acceptors (Lipinski definition) is 6. The van der Waals surface area contributed by atoms with E-state index in [2.05, 4.69) is 62.4 Å². The number of nitrogens with zero attached hydrogens (tertiary/aromatic N) is 6. The first-order valence-corrected chi connectivity index (χ1v) is 15.0. The average Bonchev–Trinajstić information content (AvgIpc) is 3.75. The molecule has 3 aromatic carbocycles. The second kappa shape index (κ2) is 11.2. The molecule has 2 atom stereocenters. The van der Waals surface area contributed by atoms with Gasteiger partial charge in [0.2, 0.25) is 11.7 Å². The van der Waals surface area contributed by atoms with Crippen molar-refractivity contribution in [3.63, 3.8) is 0 Å². The quantitative estimate of drug-likeness (QED) is 0.236. The highest BCUT2D eigenvalue weighted by atomic mass is 35.5. The van der Waals surface area contributed by atoms with Crippen molar-refractivity contribution < 1.29 is 9.59 Å². The summed E-state index contributed by atoms with van der Waals surface area (Å²) in [5.41, 5.74) is 6.34. The number of carbonyl (C=O) groups excluding carboxylic acids is 2. The molecule has 1 fully saturated rings. The van der Waals surface area contributed by atoms with Gasteiger partial charge < -0.3 is 9.47 Å². The number of H-pyrrole nitrogens is 1. The van der Waals surface area contributed by atoms with E-state index < -0.39 is 12.0 Å². The second-order valence-corrected chi connectivity index (χ2v) is 11.5. The van der Waals surface area contributed by atoms with Gasteiger partial charge in [0, 0.05) is 36.5 Å². The summed E-state index contributed by atoms with van der Waals surface area (Å²) in [4.78, 5) is 34.5. The molecule has 0 radical (unpaired) electrons. The number of Topliss-reactive ketones (excluding diaryl/α,β-unsaturated/α-hetero) is 1. The molecule has 2 unspecified atom stereocenters. The van der Waals surface area contributed by atoms with Crippen LogP contribution in [-0.4, -0.2) is 53.3 Å². The van der Waals surface area contributed by atoms with Crippen molar-refractivity contribution >= 4 is 23.3 Å². The number of ketones is 1. The van der Waals surface area contributed by atoms with Crippen LogP contribution in [0.2, 0.25) is 5.02 Å². The molecule has 10 heteroatoms. The van der Waals surface area contributed by atoms with Gasteiger partial charge in [-0.2, -0.15) is 5.21 Å². The molecule has 43 heavy (non-hydrogen) atoms. The number of unbranched alkanes of at least 4 members (excludes halogenated alkanes) is 1. The van der Waals surface area contributed by atoms with Crippen LogP contribution in [0.15, 0.2) is 72.8 Å². The molecule has 7 rings (SSSR count). The maximum atomic E-state index is 14.1. The van der Waals surface area contributed by atoms with Crippen LogP contribution in [0.3, 0.4) is 0 Å². The van der Waals surface area contributed by atoms with Gasteiger partial charge in [-0.3, -0.25) is 9.59 Å². The summed E-state index contributed by atoms with van der Waals surface area (Å²) >= 11 is 6.11. The van der Waals surface area contributed by atoms with Gasteiger partial charge in [-0.05, 0) is 52.1 Å². The van der Waals surface area contributed by atoms with Crippen LogP contribution in [0.4, 0.5) is 0 Å². The third kappa shape index (κ3) is 4.83. The number of amides is 1. The number of aromatic nitrogens is 6. The van der Waals surface area contributed by atoms with Crippen molar-refractivity contribution in [3.05, 3.63) is 106 Å². The summed E-state index contributed by atoms with van der Waals surface area (Å²) in [5.74, 6) is 0.344. The lowest BCUT2D eigenvalue weighted by Gasteiger charge is -2.29. The minimum absolute atomic E-state index is 0.108. The SMILES string of the molecule is CCCCc1nc2c(n1Cc1ccc(-c3ccccc3)c(-c3nn[nH]n3)c1)C1C(=O)C(c3ccc(Cl)cc3)C(=O)N1CC2. The number of hydrogen-bond donors (Lipinski definition) is 1. The Morgan fingerprint density at radius 2 is 1.81 bits per heavy atom. The van der Waals surface area contributed by atoms with Gasteiger partial charge in [-0.1, -0.05) is 79.5 Å². The van der Waals surface area contributed by atoms with Gasteiger partial charge in [-0.15, -0.1) is 10.2 Å². The van der Waals surface area contributed by atoms with Crippen LogP contribution in [0.25, 0.3) is 22.5 Å². The molecule has 2 aliphatic heterocycles. The standard InChI is InChI=1S/C33H30ClN7O2/c1-2-3-9-27-35-26-16-17-40-30(31(42)28(33(40)43)22-11-13-23(34)14-12-22)29(26)41(27)19-20-10-15-24(21-7-5-4-6-8-21)25(18-20)32-36-38-39-37-32/h4-8,10-15,18,28,30H,2-3,9,16-17,19H2,1H3,(H,36,37,38,39). The molecule has 1 N–H and O–H groups in total. The van der Waals surface area contributed by atoms with Crippen LogP contribution < -0.4 is 0 Å². The van der Waals surface area contributed by atoms with Crippen molar-refractivity contribution in [2.24, 2.45) is 0 Å². The molecule has 4 heterocycles. The van der Waals surface area contributed by atoms with Crippen molar-refractivity contribution in [1.29, 1.82) is 0 Å². The molecular weight excluding hydrogens is 562 g/mol. The smallest absolute Gasteiger partial charge is 0.238 e. The number of rotatable bonds is 8. The average molecular weight is 592 g/mol. The predicted molar refractivity (Wildman–Crippen MR) is 162 cm³/mol. The molecule has 2 aromatic heterocycles. The lowest BCUT2D eigenvalue weighted by molar-refractivity contribution is -0.130. The zero-order valence-corrected chi connectivity index (χ0v) is 24.5. The van der Waals surface area contributed by atoms with Crippen molar-refractivity contribution in [2.75, 3.05) is 6.54 Å². The van der Waals surface area contributed by atoms with Gasteiger partial charge in [-0.25, -0.2) is 4.98 Å². The summed E-state index contributed by atoms with van der Waals surface area (Å²) in [6.07, 6.45) is 3.41. The Labute approximate surface area is 253 Å². The normalized spacial score (nSPS) is 17.8. The Morgan fingerprint density at radius 1 is 1.00 bits per heavy atom. The lowest BCUT2D eigenvalue weighted by atomic mass is 9.92. The fourth-order valence-corrected chi connectivity index (χ4v) is 6.52. The van der Waals surface area contributed by atoms with Crippen LogP contribution >= 0.6 is 11.6 Å². The van der Waals surface area contributed by atoms with Crippen LogP contribution in [0, 0.1) is 0 Å². The lowest BCUT2D eigenvalue weighted by Crippen LogP contribution is -2.37. The maximum absolute atomic E-state index is 14.1. The second-order valence-electron chi connectivity index (χ2n) is 11.1. The van der Waals surface area contributed by atoms with Gasteiger partial charge in [0.05, 0.1) is 11.4 Å². The predicted octanol–water partition coefficient (Wildman–Crippen LogP) is 5.57. The third-order valence-corrected chi connectivity index (χ3v) is 8.71. The number of benzene rings is 3. The summed E-state index contributed by atoms with van der Waals surface area (Å²) < 4.78 is 2.18. The van der Waals surface area contributed by atoms with Gasteiger partial charge in [0.25, 0.3) is 0 Å². The van der Waals surface area contributed by atoms with E-state index in [9.17, 15) is 9.59 Å². The van der Waals surface area contributed by atoms with Gasteiger partial charge in [0.15, 0.2) is 5.78 Å². The number of halogens is 1. The van der Waals surface area contributed by atoms with Crippen LogP contribution in [0.5, 0.6) is 0 Å².